The van der Waals surface area contributed by atoms with Crippen molar-refractivity contribution in [2.75, 3.05) is 19.0 Å². The van der Waals surface area contributed by atoms with Gasteiger partial charge in [0.15, 0.2) is 23.6 Å². The minimum absolute atomic E-state index is 0.160. The molecule has 3 aromatic rings. The molecule has 1 atom stereocenters. The molecule has 174 valence electrons. The summed E-state index contributed by atoms with van der Waals surface area (Å²) in [5.74, 6) is -6.50. The van der Waals surface area contributed by atoms with Gasteiger partial charge in [-0.25, -0.2) is 13.2 Å². The maximum Gasteiger partial charge on any atom is 0.311 e. The van der Waals surface area contributed by atoms with Crippen molar-refractivity contribution in [3.8, 4) is 5.75 Å². The normalized spacial score (nSPS) is 11.7. The number of fused-ring (bicyclic) bond motifs is 1. The van der Waals surface area contributed by atoms with Crippen LogP contribution < -0.4 is 15.4 Å². The number of hydrogen-bond acceptors (Lipinski definition) is 6. The Morgan fingerprint density at radius 2 is 1.85 bits per heavy atom. The van der Waals surface area contributed by atoms with Crippen LogP contribution in [0.25, 0.3) is 11.0 Å². The SMILES string of the molecule is COc1ccc2c(CC(=O)OC(C)C(=O)NCC(=O)Nc3ccc(F)c(F)c3F)coc2c1. The summed E-state index contributed by atoms with van der Waals surface area (Å²) in [5.41, 5.74) is 0.488. The number of amides is 2. The summed E-state index contributed by atoms with van der Waals surface area (Å²) in [6.45, 7) is 0.686. The van der Waals surface area contributed by atoms with Crippen LogP contribution in [0.4, 0.5) is 18.9 Å². The summed E-state index contributed by atoms with van der Waals surface area (Å²) in [5, 5.41) is 4.90. The highest BCUT2D eigenvalue weighted by Gasteiger charge is 2.21. The van der Waals surface area contributed by atoms with Gasteiger partial charge in [-0.3, -0.25) is 14.4 Å². The molecule has 3 rings (SSSR count). The molecule has 33 heavy (non-hydrogen) atoms. The Bertz CT molecular complexity index is 1210. The number of benzene rings is 2. The lowest BCUT2D eigenvalue weighted by molar-refractivity contribution is -0.154. The molecule has 0 saturated heterocycles. The molecule has 2 N–H and O–H groups in total. The Labute approximate surface area is 185 Å². The minimum atomic E-state index is -1.73. The average molecular weight is 464 g/mol. The predicted octanol–water partition coefficient (Wildman–Crippen LogP) is 3.09. The summed E-state index contributed by atoms with van der Waals surface area (Å²) in [6.07, 6.45) is 0.00796. The Balaban J connectivity index is 1.49. The number of hydrogen-bond donors (Lipinski definition) is 2. The van der Waals surface area contributed by atoms with Crippen molar-refractivity contribution >= 4 is 34.4 Å². The lowest BCUT2D eigenvalue weighted by Gasteiger charge is -2.13. The van der Waals surface area contributed by atoms with Crippen LogP contribution in [0.2, 0.25) is 0 Å². The van der Waals surface area contributed by atoms with Crippen molar-refractivity contribution in [2.24, 2.45) is 0 Å². The first kappa shape index (κ1) is 23.6. The van der Waals surface area contributed by atoms with E-state index in [-0.39, 0.29) is 6.42 Å². The molecular formula is C22H19F3N2O6. The Hall–Kier alpha value is -4.02. The lowest BCUT2D eigenvalue weighted by atomic mass is 10.1. The van der Waals surface area contributed by atoms with Gasteiger partial charge in [-0.15, -0.1) is 0 Å². The quantitative estimate of drug-likeness (QED) is 0.392. The number of carbonyl (C=O) groups excluding carboxylic acids is 3. The van der Waals surface area contributed by atoms with Gasteiger partial charge in [0, 0.05) is 17.0 Å². The molecule has 0 aliphatic rings. The fourth-order valence-electron chi connectivity index (χ4n) is 2.90. The number of anilines is 1. The van der Waals surface area contributed by atoms with Crippen molar-refractivity contribution < 1.29 is 41.4 Å². The van der Waals surface area contributed by atoms with Crippen LogP contribution in [0.15, 0.2) is 41.0 Å². The number of rotatable bonds is 8. The Morgan fingerprint density at radius 3 is 2.58 bits per heavy atom. The zero-order valence-electron chi connectivity index (χ0n) is 17.5. The van der Waals surface area contributed by atoms with Crippen molar-refractivity contribution in [2.45, 2.75) is 19.4 Å². The van der Waals surface area contributed by atoms with E-state index >= 15 is 0 Å². The molecule has 0 aliphatic carbocycles. The largest absolute Gasteiger partial charge is 0.497 e. The van der Waals surface area contributed by atoms with Crippen molar-refractivity contribution in [1.82, 2.24) is 5.32 Å². The van der Waals surface area contributed by atoms with E-state index in [4.69, 9.17) is 13.9 Å². The second-order valence-corrected chi connectivity index (χ2v) is 6.92. The van der Waals surface area contributed by atoms with Crippen LogP contribution in [0.1, 0.15) is 12.5 Å². The smallest absolute Gasteiger partial charge is 0.311 e. The maximum absolute atomic E-state index is 13.6. The van der Waals surface area contributed by atoms with Crippen molar-refractivity contribution in [3.63, 3.8) is 0 Å². The van der Waals surface area contributed by atoms with Crippen molar-refractivity contribution in [1.29, 1.82) is 0 Å². The molecule has 1 unspecified atom stereocenters. The van der Waals surface area contributed by atoms with Crippen molar-refractivity contribution in [3.05, 3.63) is 59.6 Å². The summed E-state index contributed by atoms with van der Waals surface area (Å²) in [6, 6.07) is 6.59. The van der Waals surface area contributed by atoms with Gasteiger partial charge in [0.25, 0.3) is 5.91 Å². The van der Waals surface area contributed by atoms with Crippen LogP contribution in [0.3, 0.4) is 0 Å². The summed E-state index contributed by atoms with van der Waals surface area (Å²) >= 11 is 0. The summed E-state index contributed by atoms with van der Waals surface area (Å²) in [7, 11) is 1.51. The van der Waals surface area contributed by atoms with Gasteiger partial charge >= 0.3 is 5.97 Å². The van der Waals surface area contributed by atoms with Gasteiger partial charge in [-0.1, -0.05) is 0 Å². The fourth-order valence-corrected chi connectivity index (χ4v) is 2.90. The maximum atomic E-state index is 13.6. The van der Waals surface area contributed by atoms with Crippen LogP contribution in [0, 0.1) is 17.5 Å². The second kappa shape index (κ2) is 10.1. The van der Waals surface area contributed by atoms with Crippen LogP contribution in [0.5, 0.6) is 5.75 Å². The minimum Gasteiger partial charge on any atom is -0.497 e. The average Bonchev–Trinajstić information content (AvgIpc) is 3.19. The first-order chi connectivity index (χ1) is 15.7. The third-order valence-corrected chi connectivity index (χ3v) is 4.61. The number of esters is 1. The lowest BCUT2D eigenvalue weighted by Crippen LogP contribution is -2.40. The Morgan fingerprint density at radius 1 is 1.09 bits per heavy atom. The monoisotopic (exact) mass is 464 g/mol. The van der Waals surface area contributed by atoms with Gasteiger partial charge in [0.05, 0.1) is 32.0 Å². The van der Waals surface area contributed by atoms with Gasteiger partial charge in [-0.05, 0) is 31.2 Å². The highest BCUT2D eigenvalue weighted by Crippen LogP contribution is 2.26. The number of methoxy groups -OCH3 is 1. The van der Waals surface area contributed by atoms with E-state index in [1.165, 1.54) is 20.3 Å². The molecule has 0 radical (unpaired) electrons. The van der Waals surface area contributed by atoms with Gasteiger partial charge in [0.1, 0.15) is 11.3 Å². The first-order valence-electron chi connectivity index (χ1n) is 9.64. The molecule has 0 spiro atoms. The zero-order chi connectivity index (χ0) is 24.1. The van der Waals surface area contributed by atoms with Crippen LogP contribution in [-0.4, -0.2) is 37.5 Å². The summed E-state index contributed by atoms with van der Waals surface area (Å²) < 4.78 is 55.3. The Kier molecular flexibility index (Phi) is 7.21. The molecule has 1 aromatic heterocycles. The fraction of sp³-hybridized carbons (Fsp3) is 0.227. The molecule has 0 saturated carbocycles. The van der Waals surface area contributed by atoms with E-state index in [9.17, 15) is 27.6 Å². The number of furan rings is 1. The van der Waals surface area contributed by atoms with Crippen LogP contribution >= 0.6 is 0 Å². The predicted molar refractivity (Wildman–Crippen MR) is 110 cm³/mol. The van der Waals surface area contributed by atoms with Gasteiger partial charge in [0.2, 0.25) is 5.91 Å². The van der Waals surface area contributed by atoms with Gasteiger partial charge in [-0.2, -0.15) is 0 Å². The number of halogens is 3. The van der Waals surface area contributed by atoms with E-state index in [1.807, 2.05) is 5.32 Å². The molecule has 0 fully saturated rings. The topological polar surface area (TPSA) is 107 Å². The molecule has 0 bridgehead atoms. The molecule has 8 nitrogen and oxygen atoms in total. The molecule has 2 aromatic carbocycles. The highest BCUT2D eigenvalue weighted by molar-refractivity contribution is 5.95. The first-order valence-corrected chi connectivity index (χ1v) is 9.64. The van der Waals surface area contributed by atoms with E-state index in [2.05, 4.69) is 5.32 Å². The third kappa shape index (κ3) is 5.62. The van der Waals surface area contributed by atoms with E-state index in [0.29, 0.717) is 28.3 Å². The number of nitrogens with one attached hydrogen (secondary N) is 2. The number of ether oxygens (including phenoxy) is 2. The molecule has 2 amide bonds. The molecule has 11 heteroatoms. The number of carbonyl (C=O) groups is 3. The molecule has 0 aliphatic heterocycles. The van der Waals surface area contributed by atoms with E-state index in [1.54, 1.807) is 18.2 Å². The van der Waals surface area contributed by atoms with E-state index in [0.717, 1.165) is 6.07 Å². The third-order valence-electron chi connectivity index (χ3n) is 4.61. The highest BCUT2D eigenvalue weighted by atomic mass is 19.2. The second-order valence-electron chi connectivity index (χ2n) is 6.92. The van der Waals surface area contributed by atoms with Crippen LogP contribution in [-0.2, 0) is 25.5 Å². The zero-order valence-corrected chi connectivity index (χ0v) is 17.5. The summed E-state index contributed by atoms with van der Waals surface area (Å²) in [4.78, 5) is 36.2. The molecule has 1 heterocycles. The molecular weight excluding hydrogens is 445 g/mol. The van der Waals surface area contributed by atoms with Gasteiger partial charge < -0.3 is 24.5 Å². The van der Waals surface area contributed by atoms with E-state index < -0.39 is 53.6 Å². The standard InChI is InChI=1S/C22H19F3N2O6/c1-11(22(30)26-9-18(28)27-16-6-5-15(23)20(24)21(16)25)33-19(29)7-12-10-32-17-8-13(31-2)3-4-14(12)17/h3-6,8,10-11H,7,9H2,1-2H3,(H,26,30)(H,27,28).